The quantitative estimate of drug-likeness (QED) is 0.937. The summed E-state index contributed by atoms with van der Waals surface area (Å²) in [5.41, 5.74) is 3.29. The molecule has 2 aromatic rings. The van der Waals surface area contributed by atoms with E-state index in [1.807, 2.05) is 31.2 Å². The lowest BCUT2D eigenvalue weighted by Gasteiger charge is -2.19. The number of aromatic carboxylic acids is 1. The van der Waals surface area contributed by atoms with E-state index >= 15 is 0 Å². The van der Waals surface area contributed by atoms with Crippen molar-refractivity contribution in [2.45, 2.75) is 19.4 Å². The van der Waals surface area contributed by atoms with Gasteiger partial charge >= 0.3 is 5.97 Å². The minimum Gasteiger partial charge on any atom is -0.478 e. The standard InChI is InChI=1S/C20H20N2O2/c1-14-6-5-9-17(20(23)24)19(14)18-13-22(12-16(18)10-21)11-15-7-3-2-4-8-15/h2-9,16,18H,11-13H2,1H3,(H,23,24)/t16-,18+/m0/s1. The summed E-state index contributed by atoms with van der Waals surface area (Å²) in [6.45, 7) is 4.08. The molecule has 0 amide bonds. The zero-order valence-electron chi connectivity index (χ0n) is 13.6. The van der Waals surface area contributed by atoms with Crippen LogP contribution in [0.1, 0.15) is 33.0 Å². The molecule has 0 spiro atoms. The monoisotopic (exact) mass is 320 g/mol. The topological polar surface area (TPSA) is 64.3 Å². The summed E-state index contributed by atoms with van der Waals surface area (Å²) in [4.78, 5) is 13.8. The van der Waals surface area contributed by atoms with Gasteiger partial charge < -0.3 is 5.11 Å². The molecule has 122 valence electrons. The van der Waals surface area contributed by atoms with Gasteiger partial charge in [0.15, 0.2) is 0 Å². The molecule has 4 nitrogen and oxygen atoms in total. The fourth-order valence-corrected chi connectivity index (χ4v) is 3.64. The number of carboxylic acid groups (broad SMARTS) is 1. The SMILES string of the molecule is Cc1cccc(C(=O)O)c1[C@@H]1CN(Cc2ccccc2)C[C@@H]1C#N. The Bertz CT molecular complexity index is 780. The Labute approximate surface area is 142 Å². The van der Waals surface area contributed by atoms with Crippen molar-refractivity contribution >= 4 is 5.97 Å². The first kappa shape index (κ1) is 16.2. The van der Waals surface area contributed by atoms with Crippen LogP contribution in [-0.2, 0) is 6.54 Å². The van der Waals surface area contributed by atoms with Crippen LogP contribution in [0, 0.1) is 24.2 Å². The molecular formula is C20H20N2O2. The highest BCUT2D eigenvalue weighted by Gasteiger charge is 2.36. The molecule has 0 bridgehead atoms. The van der Waals surface area contributed by atoms with Crippen molar-refractivity contribution in [3.05, 3.63) is 70.8 Å². The number of hydrogen-bond acceptors (Lipinski definition) is 3. The molecule has 1 heterocycles. The van der Waals surface area contributed by atoms with Crippen LogP contribution in [0.15, 0.2) is 48.5 Å². The molecule has 4 heteroatoms. The molecule has 1 N–H and O–H groups in total. The lowest BCUT2D eigenvalue weighted by atomic mass is 9.84. The minimum atomic E-state index is -0.924. The Kier molecular flexibility index (Phi) is 4.64. The van der Waals surface area contributed by atoms with E-state index in [2.05, 4.69) is 23.1 Å². The van der Waals surface area contributed by atoms with Gasteiger partial charge in [0.05, 0.1) is 17.6 Å². The van der Waals surface area contributed by atoms with Crippen LogP contribution in [0.25, 0.3) is 0 Å². The normalized spacial score (nSPS) is 20.7. The second kappa shape index (κ2) is 6.86. The Morgan fingerprint density at radius 3 is 2.62 bits per heavy atom. The first-order chi connectivity index (χ1) is 11.6. The summed E-state index contributed by atoms with van der Waals surface area (Å²) in [6.07, 6.45) is 0. The van der Waals surface area contributed by atoms with Gasteiger partial charge in [-0.2, -0.15) is 5.26 Å². The summed E-state index contributed by atoms with van der Waals surface area (Å²) in [5.74, 6) is -1.18. The highest BCUT2D eigenvalue weighted by Crippen LogP contribution is 2.36. The number of likely N-dealkylation sites (tertiary alicyclic amines) is 1. The lowest BCUT2D eigenvalue weighted by molar-refractivity contribution is 0.0695. The first-order valence-electron chi connectivity index (χ1n) is 8.09. The molecule has 0 radical (unpaired) electrons. The van der Waals surface area contributed by atoms with Gasteiger partial charge in [0, 0.05) is 25.6 Å². The summed E-state index contributed by atoms with van der Waals surface area (Å²) in [7, 11) is 0. The van der Waals surface area contributed by atoms with Gasteiger partial charge in [0.1, 0.15) is 0 Å². The summed E-state index contributed by atoms with van der Waals surface area (Å²) < 4.78 is 0. The van der Waals surface area contributed by atoms with Crippen LogP contribution in [0.4, 0.5) is 0 Å². The van der Waals surface area contributed by atoms with E-state index in [4.69, 9.17) is 0 Å². The van der Waals surface area contributed by atoms with Gasteiger partial charge in [0.25, 0.3) is 0 Å². The molecule has 3 rings (SSSR count). The average molecular weight is 320 g/mol. The maximum absolute atomic E-state index is 11.6. The Balaban J connectivity index is 1.89. The predicted molar refractivity (Wildman–Crippen MR) is 91.7 cm³/mol. The van der Waals surface area contributed by atoms with Crippen molar-refractivity contribution < 1.29 is 9.90 Å². The van der Waals surface area contributed by atoms with Gasteiger partial charge in [0.2, 0.25) is 0 Å². The summed E-state index contributed by atoms with van der Waals surface area (Å²) in [5, 5.41) is 19.1. The highest BCUT2D eigenvalue weighted by molar-refractivity contribution is 5.90. The van der Waals surface area contributed by atoms with E-state index in [1.165, 1.54) is 5.56 Å². The maximum atomic E-state index is 11.6. The molecular weight excluding hydrogens is 300 g/mol. The van der Waals surface area contributed by atoms with Gasteiger partial charge in [-0.3, -0.25) is 4.90 Å². The van der Waals surface area contributed by atoms with Crippen molar-refractivity contribution in [2.24, 2.45) is 5.92 Å². The zero-order valence-corrected chi connectivity index (χ0v) is 13.6. The van der Waals surface area contributed by atoms with E-state index < -0.39 is 5.97 Å². The first-order valence-corrected chi connectivity index (χ1v) is 8.09. The molecule has 0 aromatic heterocycles. The van der Waals surface area contributed by atoms with Crippen LogP contribution in [0.3, 0.4) is 0 Å². The van der Waals surface area contributed by atoms with E-state index in [9.17, 15) is 15.2 Å². The number of nitriles is 1. The second-order valence-electron chi connectivity index (χ2n) is 6.36. The fraction of sp³-hybridized carbons (Fsp3) is 0.300. The number of rotatable bonds is 4. The van der Waals surface area contributed by atoms with E-state index in [-0.39, 0.29) is 11.8 Å². The van der Waals surface area contributed by atoms with Crippen LogP contribution in [0.5, 0.6) is 0 Å². The molecule has 1 saturated heterocycles. The maximum Gasteiger partial charge on any atom is 0.335 e. The van der Waals surface area contributed by atoms with Crippen LogP contribution in [0.2, 0.25) is 0 Å². The van der Waals surface area contributed by atoms with Gasteiger partial charge in [-0.25, -0.2) is 4.79 Å². The highest BCUT2D eigenvalue weighted by atomic mass is 16.4. The third-order valence-electron chi connectivity index (χ3n) is 4.74. The van der Waals surface area contributed by atoms with Crippen molar-refractivity contribution in [1.29, 1.82) is 5.26 Å². The molecule has 0 saturated carbocycles. The molecule has 1 aliphatic rings. The fourth-order valence-electron chi connectivity index (χ4n) is 3.64. The van der Waals surface area contributed by atoms with Gasteiger partial charge in [-0.1, -0.05) is 42.5 Å². The van der Waals surface area contributed by atoms with E-state index in [0.717, 1.165) is 17.7 Å². The van der Waals surface area contributed by atoms with Gasteiger partial charge in [-0.05, 0) is 29.7 Å². The molecule has 0 unspecified atom stereocenters. The molecule has 2 aromatic carbocycles. The number of carboxylic acids is 1. The minimum absolute atomic E-state index is 0.0639. The third kappa shape index (κ3) is 3.17. The second-order valence-corrected chi connectivity index (χ2v) is 6.36. The number of carbonyl (C=O) groups is 1. The average Bonchev–Trinajstić information content (AvgIpc) is 2.97. The molecule has 2 atom stereocenters. The third-order valence-corrected chi connectivity index (χ3v) is 4.74. The van der Waals surface area contributed by atoms with Crippen LogP contribution >= 0.6 is 0 Å². The Morgan fingerprint density at radius 1 is 1.21 bits per heavy atom. The van der Waals surface area contributed by atoms with Crippen molar-refractivity contribution in [2.75, 3.05) is 13.1 Å². The molecule has 1 aliphatic heterocycles. The van der Waals surface area contributed by atoms with Gasteiger partial charge in [-0.15, -0.1) is 0 Å². The molecule has 24 heavy (non-hydrogen) atoms. The predicted octanol–water partition coefficient (Wildman–Crippen LogP) is 3.43. The summed E-state index contributed by atoms with van der Waals surface area (Å²) in [6, 6.07) is 17.9. The van der Waals surface area contributed by atoms with Crippen molar-refractivity contribution in [3.8, 4) is 6.07 Å². The Hall–Kier alpha value is -2.64. The smallest absolute Gasteiger partial charge is 0.335 e. The van der Waals surface area contributed by atoms with E-state index in [0.29, 0.717) is 18.7 Å². The summed E-state index contributed by atoms with van der Waals surface area (Å²) >= 11 is 0. The number of aryl methyl sites for hydroxylation is 1. The Morgan fingerprint density at radius 2 is 1.96 bits per heavy atom. The van der Waals surface area contributed by atoms with Crippen molar-refractivity contribution in [3.63, 3.8) is 0 Å². The van der Waals surface area contributed by atoms with Crippen molar-refractivity contribution in [1.82, 2.24) is 4.90 Å². The lowest BCUT2D eigenvalue weighted by Crippen LogP contribution is -2.20. The van der Waals surface area contributed by atoms with Crippen LogP contribution < -0.4 is 0 Å². The van der Waals surface area contributed by atoms with E-state index in [1.54, 1.807) is 12.1 Å². The molecule has 0 aliphatic carbocycles. The number of benzene rings is 2. The van der Waals surface area contributed by atoms with Crippen LogP contribution in [-0.4, -0.2) is 29.1 Å². The molecule has 1 fully saturated rings. The number of hydrogen-bond donors (Lipinski definition) is 1. The largest absolute Gasteiger partial charge is 0.478 e. The number of nitrogens with zero attached hydrogens (tertiary/aromatic N) is 2. The zero-order chi connectivity index (χ0) is 17.1.